The number of urea groups is 1. The van der Waals surface area contributed by atoms with Gasteiger partial charge in [-0.2, -0.15) is 0 Å². The van der Waals surface area contributed by atoms with Crippen LogP contribution in [0.15, 0.2) is 95.0 Å². The van der Waals surface area contributed by atoms with Gasteiger partial charge in [0.05, 0.1) is 20.8 Å². The minimum absolute atomic E-state index is 0.0459. The molecule has 46 heavy (non-hydrogen) atoms. The Morgan fingerprint density at radius 2 is 1.63 bits per heavy atom. The van der Waals surface area contributed by atoms with Crippen LogP contribution in [0, 0.1) is 13.7 Å². The molecule has 11 nitrogen and oxygen atoms in total. The predicted molar refractivity (Wildman–Crippen MR) is 182 cm³/mol. The minimum atomic E-state index is -0.870. The molecule has 0 atom stereocenters. The molecule has 0 unspecified atom stereocenters. The number of benzene rings is 4. The molecule has 4 aromatic carbocycles. The fraction of sp³-hybridized carbons (Fsp3) is 0.121. The van der Waals surface area contributed by atoms with Gasteiger partial charge in [-0.05, 0) is 101 Å². The summed E-state index contributed by atoms with van der Waals surface area (Å²) >= 11 is 5.44. The average Bonchev–Trinajstić information content (AvgIpc) is 3.03. The molecule has 0 radical (unpaired) electrons. The Labute approximate surface area is 285 Å². The van der Waals surface area contributed by atoms with Gasteiger partial charge in [-0.3, -0.25) is 25.0 Å². The van der Waals surface area contributed by atoms with Gasteiger partial charge in [0, 0.05) is 16.6 Å². The van der Waals surface area contributed by atoms with Crippen molar-refractivity contribution in [2.75, 3.05) is 11.5 Å². The van der Waals surface area contributed by atoms with Crippen molar-refractivity contribution < 1.29 is 33.5 Å². The van der Waals surface area contributed by atoms with Crippen molar-refractivity contribution in [3.05, 3.63) is 125 Å². The van der Waals surface area contributed by atoms with Gasteiger partial charge in [0.1, 0.15) is 24.5 Å². The van der Waals surface area contributed by atoms with Gasteiger partial charge >= 0.3 is 6.03 Å². The number of carbonyl (C=O) groups excluding carboxylic acids is 3. The van der Waals surface area contributed by atoms with Gasteiger partial charge in [-0.1, -0.05) is 40.2 Å². The zero-order chi connectivity index (χ0) is 32.8. The molecule has 1 aliphatic heterocycles. The Balaban J connectivity index is 1.35. The molecule has 1 aliphatic rings. The number of carbonyl (C=O) groups is 3. The molecule has 4 aromatic rings. The Bertz CT molecular complexity index is 1850. The van der Waals surface area contributed by atoms with Crippen LogP contribution >= 0.6 is 38.5 Å². The van der Waals surface area contributed by atoms with Crippen LogP contribution in [-0.2, 0) is 22.8 Å². The molecule has 0 saturated carbocycles. The SMILES string of the molecule is CCOc1cc(/C=C2\C(=O)NC(=O)N(c3ccc(OCc4ccc(Br)cc4)cc3)C2=O)cc(I)c1OCc1cccc([N+](=O)[O-])c1. The molecule has 0 bridgehead atoms. The Hall–Kier alpha value is -4.76. The number of non-ortho nitro benzene ring substituents is 1. The summed E-state index contributed by atoms with van der Waals surface area (Å²) in [6, 6.07) is 22.6. The number of halogens is 2. The number of imide groups is 2. The molecule has 234 valence electrons. The van der Waals surface area contributed by atoms with Gasteiger partial charge < -0.3 is 14.2 Å². The van der Waals surface area contributed by atoms with Gasteiger partial charge in [0.25, 0.3) is 17.5 Å². The van der Waals surface area contributed by atoms with E-state index >= 15 is 0 Å². The largest absolute Gasteiger partial charge is 0.490 e. The maximum Gasteiger partial charge on any atom is 0.335 e. The van der Waals surface area contributed by atoms with Crippen LogP contribution in [0.25, 0.3) is 6.08 Å². The quantitative estimate of drug-likeness (QED) is 0.0554. The number of hydrogen-bond donors (Lipinski definition) is 1. The highest BCUT2D eigenvalue weighted by molar-refractivity contribution is 14.1. The Kier molecular flexibility index (Phi) is 10.3. The highest BCUT2D eigenvalue weighted by atomic mass is 127. The molecular formula is C33H25BrIN3O8. The van der Waals surface area contributed by atoms with Gasteiger partial charge in [0.2, 0.25) is 0 Å². The van der Waals surface area contributed by atoms with Crippen LogP contribution in [0.1, 0.15) is 23.6 Å². The fourth-order valence-electron chi connectivity index (χ4n) is 4.49. The minimum Gasteiger partial charge on any atom is -0.490 e. The van der Waals surface area contributed by atoms with E-state index in [4.69, 9.17) is 14.2 Å². The van der Waals surface area contributed by atoms with Gasteiger partial charge in [0.15, 0.2) is 11.5 Å². The van der Waals surface area contributed by atoms with Gasteiger partial charge in [-0.15, -0.1) is 0 Å². The maximum absolute atomic E-state index is 13.5. The number of nitrogens with zero attached hydrogens (tertiary/aromatic N) is 2. The molecule has 13 heteroatoms. The fourth-order valence-corrected chi connectivity index (χ4v) is 5.53. The van der Waals surface area contributed by atoms with Crippen molar-refractivity contribution in [2.24, 2.45) is 0 Å². The number of nitrogens with one attached hydrogen (secondary N) is 1. The van der Waals surface area contributed by atoms with E-state index < -0.39 is 22.8 Å². The molecule has 5 rings (SSSR count). The summed E-state index contributed by atoms with van der Waals surface area (Å²) in [7, 11) is 0. The number of nitro groups is 1. The lowest BCUT2D eigenvalue weighted by atomic mass is 10.1. The second-order valence-corrected chi connectivity index (χ2v) is 11.9. The Morgan fingerprint density at radius 3 is 2.33 bits per heavy atom. The zero-order valence-corrected chi connectivity index (χ0v) is 27.9. The predicted octanol–water partition coefficient (Wildman–Crippen LogP) is 7.19. The molecule has 1 heterocycles. The molecular weight excluding hydrogens is 773 g/mol. The van der Waals surface area contributed by atoms with Crippen LogP contribution < -0.4 is 24.4 Å². The molecule has 1 saturated heterocycles. The first kappa shape index (κ1) is 32.6. The van der Waals surface area contributed by atoms with Crippen LogP contribution in [0.4, 0.5) is 16.2 Å². The first-order valence-corrected chi connectivity index (χ1v) is 15.7. The summed E-state index contributed by atoms with van der Waals surface area (Å²) in [5.74, 6) is -0.345. The molecule has 0 aromatic heterocycles. The highest BCUT2D eigenvalue weighted by Gasteiger charge is 2.37. The van der Waals surface area contributed by atoms with Crippen LogP contribution in [-0.4, -0.2) is 29.4 Å². The van der Waals surface area contributed by atoms with E-state index in [1.54, 1.807) is 55.5 Å². The van der Waals surface area contributed by atoms with E-state index in [0.29, 0.717) is 45.2 Å². The Morgan fingerprint density at radius 1 is 0.913 bits per heavy atom. The van der Waals surface area contributed by atoms with Crippen LogP contribution in [0.3, 0.4) is 0 Å². The maximum atomic E-state index is 13.5. The number of amides is 4. The molecule has 4 amide bonds. The highest BCUT2D eigenvalue weighted by Crippen LogP contribution is 2.36. The lowest BCUT2D eigenvalue weighted by molar-refractivity contribution is -0.384. The lowest BCUT2D eigenvalue weighted by Crippen LogP contribution is -2.54. The number of rotatable bonds is 11. The first-order chi connectivity index (χ1) is 22.1. The summed E-state index contributed by atoms with van der Waals surface area (Å²) in [6.45, 7) is 2.47. The van der Waals surface area contributed by atoms with E-state index in [-0.39, 0.29) is 23.6 Å². The first-order valence-electron chi connectivity index (χ1n) is 13.8. The number of nitro benzene ring substituents is 1. The summed E-state index contributed by atoms with van der Waals surface area (Å²) in [5.41, 5.74) is 1.98. The van der Waals surface area contributed by atoms with E-state index in [0.717, 1.165) is 14.9 Å². The molecule has 0 spiro atoms. The smallest absolute Gasteiger partial charge is 0.335 e. The normalized spacial score (nSPS) is 13.8. The van der Waals surface area contributed by atoms with Crippen molar-refractivity contribution in [1.29, 1.82) is 0 Å². The third kappa shape index (κ3) is 7.72. The topological polar surface area (TPSA) is 137 Å². The van der Waals surface area contributed by atoms with Gasteiger partial charge in [-0.25, -0.2) is 9.69 Å². The van der Waals surface area contributed by atoms with E-state index in [9.17, 15) is 24.5 Å². The van der Waals surface area contributed by atoms with E-state index in [2.05, 4.69) is 21.2 Å². The number of hydrogen-bond acceptors (Lipinski definition) is 8. The lowest BCUT2D eigenvalue weighted by Gasteiger charge is -2.26. The molecule has 1 N–H and O–H groups in total. The second kappa shape index (κ2) is 14.6. The molecule has 1 fully saturated rings. The van der Waals surface area contributed by atoms with Crippen molar-refractivity contribution in [2.45, 2.75) is 20.1 Å². The summed E-state index contributed by atoms with van der Waals surface area (Å²) in [4.78, 5) is 50.6. The summed E-state index contributed by atoms with van der Waals surface area (Å²) < 4.78 is 19.2. The van der Waals surface area contributed by atoms with Crippen LogP contribution in [0.5, 0.6) is 17.2 Å². The second-order valence-electron chi connectivity index (χ2n) is 9.85. The van der Waals surface area contributed by atoms with Crippen LogP contribution in [0.2, 0.25) is 0 Å². The standard InChI is InChI=1S/C33H25BrIN3O8/c1-2-44-29-17-22(16-28(35)30(29)46-19-21-4-3-5-25(14-21)38(42)43)15-27-31(39)36-33(41)37(32(27)40)24-10-12-26(13-11-24)45-18-20-6-8-23(34)9-7-20/h3-17H,2,18-19H2,1H3,(H,36,39,41)/b27-15+. The van der Waals surface area contributed by atoms with Crippen molar-refractivity contribution in [3.63, 3.8) is 0 Å². The third-order valence-electron chi connectivity index (χ3n) is 6.66. The summed E-state index contributed by atoms with van der Waals surface area (Å²) in [5, 5.41) is 13.4. The number of ether oxygens (including phenoxy) is 3. The number of anilines is 1. The summed E-state index contributed by atoms with van der Waals surface area (Å²) in [6.07, 6.45) is 1.38. The molecule has 0 aliphatic carbocycles. The van der Waals surface area contributed by atoms with Crippen molar-refractivity contribution in [1.82, 2.24) is 5.32 Å². The average molecular weight is 798 g/mol. The number of barbiturate groups is 1. The third-order valence-corrected chi connectivity index (χ3v) is 7.99. The van der Waals surface area contributed by atoms with Crippen molar-refractivity contribution >= 4 is 73.8 Å². The van der Waals surface area contributed by atoms with E-state index in [1.807, 2.05) is 46.9 Å². The van der Waals surface area contributed by atoms with E-state index in [1.165, 1.54) is 18.2 Å². The van der Waals surface area contributed by atoms with Crippen molar-refractivity contribution in [3.8, 4) is 17.2 Å². The zero-order valence-electron chi connectivity index (χ0n) is 24.2. The monoisotopic (exact) mass is 797 g/mol.